The van der Waals surface area contributed by atoms with Gasteiger partial charge in [-0.1, -0.05) is 19.1 Å². The van der Waals surface area contributed by atoms with E-state index in [0.717, 1.165) is 11.3 Å². The topological polar surface area (TPSA) is 46.2 Å². The predicted molar refractivity (Wildman–Crippen MR) is 76.1 cm³/mol. The molecule has 0 aromatic heterocycles. The monoisotopic (exact) mass is 294 g/mol. The summed E-state index contributed by atoms with van der Waals surface area (Å²) in [6, 6.07) is 7.83. The van der Waals surface area contributed by atoms with E-state index < -0.39 is 0 Å². The molecule has 2 heterocycles. The third kappa shape index (κ3) is 2.92. The van der Waals surface area contributed by atoms with Gasteiger partial charge in [0.15, 0.2) is 6.29 Å². The molecule has 5 atom stereocenters. The van der Waals surface area contributed by atoms with Crippen molar-refractivity contribution in [1.29, 1.82) is 0 Å². The van der Waals surface area contributed by atoms with Crippen molar-refractivity contribution in [3.63, 3.8) is 0 Å². The summed E-state index contributed by atoms with van der Waals surface area (Å²) in [5, 5.41) is 0. The average molecular weight is 294 g/mol. The first-order valence-electron chi connectivity index (χ1n) is 7.27. The maximum atomic E-state index is 6.03. The number of fused-ring (bicyclic) bond motifs is 2. The molecule has 0 N–H and O–H groups in total. The molecule has 3 rings (SSSR count). The second kappa shape index (κ2) is 6.32. The Morgan fingerprint density at radius 3 is 2.57 bits per heavy atom. The molecule has 0 amide bonds. The predicted octanol–water partition coefficient (Wildman–Crippen LogP) is 1.99. The molecule has 0 saturated carbocycles. The van der Waals surface area contributed by atoms with Crippen molar-refractivity contribution in [2.45, 2.75) is 38.1 Å². The van der Waals surface area contributed by atoms with Crippen LogP contribution in [0.4, 0.5) is 0 Å². The summed E-state index contributed by atoms with van der Waals surface area (Å²) < 4.78 is 28.3. The summed E-state index contributed by atoms with van der Waals surface area (Å²) in [4.78, 5) is 0. The van der Waals surface area contributed by atoms with E-state index in [1.54, 1.807) is 14.2 Å². The molecule has 2 aliphatic heterocycles. The highest BCUT2D eigenvalue weighted by molar-refractivity contribution is 5.26. The van der Waals surface area contributed by atoms with Gasteiger partial charge in [0.1, 0.15) is 11.9 Å². The Hall–Kier alpha value is -1.14. The Bertz CT molecular complexity index is 460. The van der Waals surface area contributed by atoms with E-state index in [9.17, 15) is 0 Å². The molecule has 5 heteroatoms. The van der Waals surface area contributed by atoms with E-state index >= 15 is 0 Å². The summed E-state index contributed by atoms with van der Waals surface area (Å²) >= 11 is 0. The smallest absolute Gasteiger partial charge is 0.186 e. The largest absolute Gasteiger partial charge is 0.497 e. The summed E-state index contributed by atoms with van der Waals surface area (Å²) in [6.07, 6.45) is -0.421. The van der Waals surface area contributed by atoms with E-state index in [4.69, 9.17) is 23.7 Å². The number of benzene rings is 1. The van der Waals surface area contributed by atoms with E-state index in [-0.39, 0.29) is 30.5 Å². The van der Waals surface area contributed by atoms with Crippen molar-refractivity contribution in [1.82, 2.24) is 0 Å². The summed E-state index contributed by atoms with van der Waals surface area (Å²) in [5.41, 5.74) is 1.08. The molecule has 1 aromatic carbocycles. The van der Waals surface area contributed by atoms with E-state index in [2.05, 4.69) is 6.92 Å². The van der Waals surface area contributed by atoms with Gasteiger partial charge in [-0.05, 0) is 17.7 Å². The van der Waals surface area contributed by atoms with Gasteiger partial charge in [0.25, 0.3) is 0 Å². The fraction of sp³-hybridized carbons (Fsp3) is 0.625. The number of hydrogen-bond acceptors (Lipinski definition) is 5. The molecule has 5 nitrogen and oxygen atoms in total. The van der Waals surface area contributed by atoms with Gasteiger partial charge in [0.05, 0.1) is 32.5 Å². The number of rotatable bonds is 5. The van der Waals surface area contributed by atoms with Crippen molar-refractivity contribution >= 4 is 0 Å². The lowest BCUT2D eigenvalue weighted by atomic mass is 9.92. The molecule has 0 aliphatic carbocycles. The Morgan fingerprint density at radius 1 is 1.14 bits per heavy atom. The van der Waals surface area contributed by atoms with Crippen LogP contribution in [0.3, 0.4) is 0 Å². The van der Waals surface area contributed by atoms with E-state index in [1.165, 1.54) is 0 Å². The van der Waals surface area contributed by atoms with Crippen LogP contribution in [0.2, 0.25) is 0 Å². The van der Waals surface area contributed by atoms with Gasteiger partial charge in [-0.2, -0.15) is 0 Å². The molecule has 0 spiro atoms. The van der Waals surface area contributed by atoms with Crippen molar-refractivity contribution in [3.8, 4) is 5.75 Å². The highest BCUT2D eigenvalue weighted by Gasteiger charge is 2.49. The second-order valence-electron chi connectivity index (χ2n) is 5.56. The molecule has 2 bridgehead atoms. The molecular formula is C16H22O5. The minimum atomic E-state index is -0.325. The lowest BCUT2D eigenvalue weighted by Crippen LogP contribution is -2.51. The first-order chi connectivity index (χ1) is 10.2. The molecule has 116 valence electrons. The highest BCUT2D eigenvalue weighted by atomic mass is 16.7. The zero-order chi connectivity index (χ0) is 14.8. The van der Waals surface area contributed by atoms with Crippen LogP contribution in [0.5, 0.6) is 5.75 Å². The molecular weight excluding hydrogens is 272 g/mol. The first kappa shape index (κ1) is 14.8. The fourth-order valence-electron chi connectivity index (χ4n) is 2.99. The lowest BCUT2D eigenvalue weighted by molar-refractivity contribution is -0.236. The second-order valence-corrected chi connectivity index (χ2v) is 5.56. The number of ether oxygens (including phenoxy) is 5. The standard InChI is InChI=1S/C16H22O5/c1-10-13-9-20-16(21-13)15(14(10)18-3)19-8-11-4-6-12(17-2)7-5-11/h4-7,10,13-16H,8-9H2,1-3H3/t10-,13?,14-,15?,16-/m1/s1. The number of methoxy groups -OCH3 is 2. The first-order valence-corrected chi connectivity index (χ1v) is 7.27. The minimum Gasteiger partial charge on any atom is -0.497 e. The van der Waals surface area contributed by atoms with Crippen LogP contribution in [0.15, 0.2) is 24.3 Å². The van der Waals surface area contributed by atoms with Crippen LogP contribution in [-0.2, 0) is 25.6 Å². The normalized spacial score (nSPS) is 34.9. The van der Waals surface area contributed by atoms with Gasteiger partial charge in [-0.3, -0.25) is 0 Å². The molecule has 21 heavy (non-hydrogen) atoms. The van der Waals surface area contributed by atoms with Crippen LogP contribution in [-0.4, -0.2) is 45.4 Å². The molecule has 2 saturated heterocycles. The van der Waals surface area contributed by atoms with E-state index in [1.807, 2.05) is 24.3 Å². The Morgan fingerprint density at radius 2 is 1.90 bits per heavy atom. The van der Waals surface area contributed by atoms with Gasteiger partial charge in [0, 0.05) is 13.0 Å². The van der Waals surface area contributed by atoms with Crippen LogP contribution >= 0.6 is 0 Å². The Kier molecular flexibility index (Phi) is 4.45. The quantitative estimate of drug-likeness (QED) is 0.831. The van der Waals surface area contributed by atoms with Gasteiger partial charge >= 0.3 is 0 Å². The van der Waals surface area contributed by atoms with E-state index in [0.29, 0.717) is 13.2 Å². The maximum absolute atomic E-state index is 6.03. The van der Waals surface area contributed by atoms with Crippen molar-refractivity contribution in [2.24, 2.45) is 5.92 Å². The maximum Gasteiger partial charge on any atom is 0.186 e. The summed E-state index contributed by atoms with van der Waals surface area (Å²) in [7, 11) is 3.37. The third-order valence-electron chi connectivity index (χ3n) is 4.30. The molecule has 2 aliphatic rings. The summed E-state index contributed by atoms with van der Waals surface area (Å²) in [6.45, 7) is 3.23. The van der Waals surface area contributed by atoms with Crippen LogP contribution in [0.25, 0.3) is 0 Å². The SMILES string of the molecule is COc1ccc(COC2[C@@H]3OCC(O3)[C@@H](C)[C@H]2OC)cc1. The zero-order valence-corrected chi connectivity index (χ0v) is 12.7. The molecule has 0 radical (unpaired) electrons. The molecule has 1 aromatic rings. The summed E-state index contributed by atoms with van der Waals surface area (Å²) in [5.74, 6) is 1.10. The highest BCUT2D eigenvalue weighted by Crippen LogP contribution is 2.35. The fourth-order valence-corrected chi connectivity index (χ4v) is 2.99. The van der Waals surface area contributed by atoms with Crippen LogP contribution in [0, 0.1) is 5.92 Å². The van der Waals surface area contributed by atoms with Crippen molar-refractivity contribution in [2.75, 3.05) is 20.8 Å². The average Bonchev–Trinajstić information content (AvgIpc) is 2.96. The van der Waals surface area contributed by atoms with Crippen molar-refractivity contribution < 1.29 is 23.7 Å². The van der Waals surface area contributed by atoms with Gasteiger partial charge in [-0.15, -0.1) is 0 Å². The van der Waals surface area contributed by atoms with Gasteiger partial charge in [-0.25, -0.2) is 0 Å². The molecule has 2 unspecified atom stereocenters. The minimum absolute atomic E-state index is 0.00509. The van der Waals surface area contributed by atoms with Crippen LogP contribution in [0.1, 0.15) is 12.5 Å². The van der Waals surface area contributed by atoms with Crippen LogP contribution < -0.4 is 4.74 Å². The zero-order valence-electron chi connectivity index (χ0n) is 12.7. The van der Waals surface area contributed by atoms with Crippen molar-refractivity contribution in [3.05, 3.63) is 29.8 Å². The third-order valence-corrected chi connectivity index (χ3v) is 4.30. The Labute approximate surface area is 125 Å². The van der Waals surface area contributed by atoms with Gasteiger partial charge in [0.2, 0.25) is 0 Å². The van der Waals surface area contributed by atoms with Gasteiger partial charge < -0.3 is 23.7 Å². The number of hydrogen-bond donors (Lipinski definition) is 0. The Balaban J connectivity index is 1.64. The lowest BCUT2D eigenvalue weighted by Gasteiger charge is -2.38. The molecule has 2 fully saturated rings.